The Kier molecular flexibility index (Phi) is 4.18. The second-order valence-electron chi connectivity index (χ2n) is 4.68. The van der Waals surface area contributed by atoms with Crippen molar-refractivity contribution in [3.8, 4) is 0 Å². The highest BCUT2D eigenvalue weighted by Gasteiger charge is 2.29. The van der Waals surface area contributed by atoms with Gasteiger partial charge in [0.15, 0.2) is 0 Å². The summed E-state index contributed by atoms with van der Waals surface area (Å²) in [4.78, 5) is 14.6. The molecule has 2 N–H and O–H groups in total. The third-order valence-electron chi connectivity index (χ3n) is 3.36. The highest BCUT2D eigenvalue weighted by molar-refractivity contribution is 7.11. The van der Waals surface area contributed by atoms with E-state index >= 15 is 0 Å². The van der Waals surface area contributed by atoms with Gasteiger partial charge in [0.2, 0.25) is 5.91 Å². The van der Waals surface area contributed by atoms with Gasteiger partial charge >= 0.3 is 0 Å². The summed E-state index contributed by atoms with van der Waals surface area (Å²) in [7, 11) is 0. The Bertz CT molecular complexity index is 389. The number of hydrogen-bond donors (Lipinski definition) is 2. The van der Waals surface area contributed by atoms with Gasteiger partial charge in [-0.1, -0.05) is 13.8 Å². The second kappa shape index (κ2) is 5.65. The zero-order chi connectivity index (χ0) is 12.3. The Morgan fingerprint density at radius 2 is 2.24 bits per heavy atom. The first-order valence-electron chi connectivity index (χ1n) is 6.26. The van der Waals surface area contributed by atoms with Crippen LogP contribution < -0.4 is 10.6 Å². The van der Waals surface area contributed by atoms with Crippen molar-refractivity contribution in [1.82, 2.24) is 10.6 Å². The maximum Gasteiger partial charge on any atom is 0.225 e. The lowest BCUT2D eigenvalue weighted by Crippen LogP contribution is -2.33. The van der Waals surface area contributed by atoms with Gasteiger partial charge in [-0.15, -0.1) is 11.3 Å². The maximum absolute atomic E-state index is 12.0. The number of nitrogens with one attached hydrogen (secondary N) is 2. The number of carbonyl (C=O) groups excluding carboxylic acids is 1. The summed E-state index contributed by atoms with van der Waals surface area (Å²) in [5.74, 6) is 0.777. The van der Waals surface area contributed by atoms with Gasteiger partial charge in [-0.2, -0.15) is 0 Å². The molecule has 1 aromatic heterocycles. The molecule has 0 aromatic carbocycles. The van der Waals surface area contributed by atoms with Crippen LogP contribution in [0.3, 0.4) is 0 Å². The average Bonchev–Trinajstić information content (AvgIpc) is 2.94. The Morgan fingerprint density at radius 1 is 1.47 bits per heavy atom. The molecule has 2 heterocycles. The third kappa shape index (κ3) is 3.07. The van der Waals surface area contributed by atoms with E-state index < -0.39 is 0 Å². The summed E-state index contributed by atoms with van der Waals surface area (Å²) < 4.78 is 0. The summed E-state index contributed by atoms with van der Waals surface area (Å²) >= 11 is 1.79. The van der Waals surface area contributed by atoms with E-state index in [-0.39, 0.29) is 11.8 Å². The summed E-state index contributed by atoms with van der Waals surface area (Å²) in [5.41, 5.74) is 0. The van der Waals surface area contributed by atoms with Crippen molar-refractivity contribution in [3.63, 3.8) is 0 Å². The topological polar surface area (TPSA) is 41.1 Å². The van der Waals surface area contributed by atoms with Crippen LogP contribution in [0.25, 0.3) is 0 Å². The molecule has 1 aromatic rings. The first kappa shape index (κ1) is 12.6. The monoisotopic (exact) mass is 252 g/mol. The van der Waals surface area contributed by atoms with Crippen molar-refractivity contribution >= 4 is 17.2 Å². The van der Waals surface area contributed by atoms with Crippen LogP contribution >= 0.6 is 11.3 Å². The fraction of sp³-hybridized carbons (Fsp3) is 0.615. The van der Waals surface area contributed by atoms with Crippen molar-refractivity contribution in [2.75, 3.05) is 13.1 Å². The number of hydrogen-bond acceptors (Lipinski definition) is 3. The van der Waals surface area contributed by atoms with Gasteiger partial charge in [0.1, 0.15) is 0 Å². The van der Waals surface area contributed by atoms with Crippen LogP contribution in [-0.2, 0) is 17.8 Å². The molecule has 1 aliphatic heterocycles. The number of thiophene rings is 1. The molecular weight excluding hydrogens is 232 g/mol. The minimum atomic E-state index is 0.139. The van der Waals surface area contributed by atoms with E-state index in [9.17, 15) is 4.79 Å². The Hall–Kier alpha value is -0.870. The summed E-state index contributed by atoms with van der Waals surface area (Å²) in [6.45, 7) is 6.73. The Morgan fingerprint density at radius 3 is 2.82 bits per heavy atom. The molecule has 0 radical (unpaired) electrons. The molecule has 94 valence electrons. The van der Waals surface area contributed by atoms with Gasteiger partial charge in [0.25, 0.3) is 0 Å². The lowest BCUT2D eigenvalue weighted by Gasteiger charge is -2.13. The van der Waals surface area contributed by atoms with Crippen LogP contribution in [0.15, 0.2) is 12.1 Å². The molecule has 2 rings (SSSR count). The smallest absolute Gasteiger partial charge is 0.225 e. The molecule has 17 heavy (non-hydrogen) atoms. The van der Waals surface area contributed by atoms with Crippen molar-refractivity contribution < 1.29 is 4.79 Å². The quantitative estimate of drug-likeness (QED) is 0.857. The van der Waals surface area contributed by atoms with Gasteiger partial charge < -0.3 is 10.6 Å². The molecule has 0 saturated carbocycles. The van der Waals surface area contributed by atoms with E-state index in [2.05, 4.69) is 36.6 Å². The van der Waals surface area contributed by atoms with Crippen LogP contribution in [0.4, 0.5) is 0 Å². The molecule has 2 atom stereocenters. The third-order valence-corrected chi connectivity index (χ3v) is 4.59. The van der Waals surface area contributed by atoms with Gasteiger partial charge in [-0.25, -0.2) is 0 Å². The predicted molar refractivity (Wildman–Crippen MR) is 71.1 cm³/mol. The van der Waals surface area contributed by atoms with Gasteiger partial charge in [0, 0.05) is 16.3 Å². The fourth-order valence-electron chi connectivity index (χ4n) is 2.17. The summed E-state index contributed by atoms with van der Waals surface area (Å²) in [6.07, 6.45) is 1.07. The molecule has 1 aliphatic rings. The maximum atomic E-state index is 12.0. The van der Waals surface area contributed by atoms with E-state index in [0.717, 1.165) is 19.5 Å². The number of amides is 1. The number of rotatable bonds is 4. The normalized spacial score (nSPS) is 23.9. The summed E-state index contributed by atoms with van der Waals surface area (Å²) in [5, 5.41) is 6.30. The number of aryl methyl sites for hydroxylation is 1. The SMILES string of the molecule is CCc1ccc(CNC(=O)C2CNCC2C)s1. The molecule has 4 heteroatoms. The van der Waals surface area contributed by atoms with Crippen LogP contribution in [-0.4, -0.2) is 19.0 Å². The van der Waals surface area contributed by atoms with Crippen LogP contribution in [0.2, 0.25) is 0 Å². The van der Waals surface area contributed by atoms with Crippen LogP contribution in [0, 0.1) is 11.8 Å². The first-order chi connectivity index (χ1) is 8.20. The molecule has 1 amide bonds. The molecule has 0 bridgehead atoms. The van der Waals surface area contributed by atoms with E-state index in [0.29, 0.717) is 12.5 Å². The second-order valence-corrected chi connectivity index (χ2v) is 5.93. The van der Waals surface area contributed by atoms with E-state index in [1.165, 1.54) is 9.75 Å². The van der Waals surface area contributed by atoms with Crippen molar-refractivity contribution in [1.29, 1.82) is 0 Å². The van der Waals surface area contributed by atoms with Gasteiger partial charge in [0.05, 0.1) is 12.5 Å². The molecular formula is C13H20N2OS. The van der Waals surface area contributed by atoms with Gasteiger partial charge in [-0.05, 0) is 31.0 Å². The number of carbonyl (C=O) groups is 1. The standard InChI is InChI=1S/C13H20N2OS/c1-3-10-4-5-11(17-10)7-15-13(16)12-8-14-6-9(12)2/h4-5,9,12,14H,3,6-8H2,1-2H3,(H,15,16). The summed E-state index contributed by atoms with van der Waals surface area (Å²) in [6, 6.07) is 4.26. The molecule has 2 unspecified atom stereocenters. The minimum Gasteiger partial charge on any atom is -0.351 e. The fourth-order valence-corrected chi connectivity index (χ4v) is 3.07. The zero-order valence-electron chi connectivity index (χ0n) is 10.5. The van der Waals surface area contributed by atoms with Crippen molar-refractivity contribution in [2.45, 2.75) is 26.8 Å². The Balaban J connectivity index is 1.83. The predicted octanol–water partition coefficient (Wildman–Crippen LogP) is 1.78. The highest BCUT2D eigenvalue weighted by Crippen LogP contribution is 2.18. The van der Waals surface area contributed by atoms with Crippen LogP contribution in [0.1, 0.15) is 23.6 Å². The van der Waals surface area contributed by atoms with Gasteiger partial charge in [-0.3, -0.25) is 4.79 Å². The Labute approximate surface area is 107 Å². The lowest BCUT2D eigenvalue weighted by atomic mass is 9.97. The molecule has 3 nitrogen and oxygen atoms in total. The van der Waals surface area contributed by atoms with E-state index in [1.807, 2.05) is 0 Å². The van der Waals surface area contributed by atoms with E-state index in [1.54, 1.807) is 11.3 Å². The van der Waals surface area contributed by atoms with Crippen molar-refractivity contribution in [3.05, 3.63) is 21.9 Å². The zero-order valence-corrected chi connectivity index (χ0v) is 11.3. The molecule has 0 aliphatic carbocycles. The molecule has 0 spiro atoms. The largest absolute Gasteiger partial charge is 0.351 e. The van der Waals surface area contributed by atoms with Crippen molar-refractivity contribution in [2.24, 2.45) is 11.8 Å². The lowest BCUT2D eigenvalue weighted by molar-refractivity contribution is -0.125. The average molecular weight is 252 g/mol. The molecule has 1 fully saturated rings. The van der Waals surface area contributed by atoms with Crippen LogP contribution in [0.5, 0.6) is 0 Å². The minimum absolute atomic E-state index is 0.139. The highest BCUT2D eigenvalue weighted by atomic mass is 32.1. The molecule has 1 saturated heterocycles. The first-order valence-corrected chi connectivity index (χ1v) is 7.08. The van der Waals surface area contributed by atoms with E-state index in [4.69, 9.17) is 0 Å².